The summed E-state index contributed by atoms with van der Waals surface area (Å²) in [6, 6.07) is 19.2. The molecule has 0 unspecified atom stereocenters. The monoisotopic (exact) mass is 620 g/mol. The van der Waals surface area contributed by atoms with Gasteiger partial charge >= 0.3 is 0 Å². The van der Waals surface area contributed by atoms with E-state index < -0.39 is 0 Å². The number of nitriles is 1. The van der Waals surface area contributed by atoms with E-state index in [0.29, 0.717) is 16.3 Å². The lowest BCUT2D eigenvalue weighted by atomic mass is 10.0. The fourth-order valence-electron chi connectivity index (χ4n) is 6.26. The Morgan fingerprint density at radius 2 is 1.75 bits per heavy atom. The van der Waals surface area contributed by atoms with Gasteiger partial charge in [0.1, 0.15) is 11.9 Å². The Hall–Kier alpha value is -4.10. The largest absolute Gasteiger partial charge is 0.357 e. The SMILES string of the molecule is Cn1ccnc1Sc1ccc(Nc2c(C#N)cnc3cc(-c4ccc(N5CCC(N6CCCC6)CC5)nc4)ccc23)cc1Cl. The summed E-state index contributed by atoms with van der Waals surface area (Å²) in [7, 11) is 1.95. The number of likely N-dealkylation sites (tertiary alicyclic amines) is 1. The molecule has 2 aliphatic heterocycles. The van der Waals surface area contributed by atoms with E-state index in [4.69, 9.17) is 16.6 Å². The fraction of sp³-hybridized carbons (Fsp3) is 0.294. The molecule has 0 spiro atoms. The van der Waals surface area contributed by atoms with Crippen molar-refractivity contribution in [2.75, 3.05) is 36.4 Å². The lowest BCUT2D eigenvalue weighted by Gasteiger charge is -2.37. The van der Waals surface area contributed by atoms with Gasteiger partial charge in [-0.25, -0.2) is 9.97 Å². The van der Waals surface area contributed by atoms with Crippen LogP contribution in [0.2, 0.25) is 5.02 Å². The third-order valence-electron chi connectivity index (χ3n) is 8.70. The molecule has 5 aromatic rings. The van der Waals surface area contributed by atoms with E-state index in [2.05, 4.69) is 55.4 Å². The molecule has 2 aliphatic rings. The Kier molecular flexibility index (Phi) is 8.13. The number of pyridine rings is 2. The molecule has 5 heterocycles. The van der Waals surface area contributed by atoms with Crippen molar-refractivity contribution < 1.29 is 0 Å². The summed E-state index contributed by atoms with van der Waals surface area (Å²) in [6.07, 6.45) is 12.4. The zero-order valence-electron chi connectivity index (χ0n) is 24.6. The summed E-state index contributed by atoms with van der Waals surface area (Å²) in [6.45, 7) is 4.64. The number of aromatic nitrogens is 4. The number of imidazole rings is 1. The molecule has 2 fully saturated rings. The predicted molar refractivity (Wildman–Crippen MR) is 178 cm³/mol. The number of benzene rings is 2. The first-order chi connectivity index (χ1) is 21.6. The molecule has 0 radical (unpaired) electrons. The number of hydrogen-bond donors (Lipinski definition) is 1. The van der Waals surface area contributed by atoms with E-state index in [1.165, 1.54) is 50.5 Å². The van der Waals surface area contributed by atoms with Gasteiger partial charge in [0.05, 0.1) is 21.8 Å². The van der Waals surface area contributed by atoms with Crippen molar-refractivity contribution in [3.8, 4) is 17.2 Å². The number of piperidine rings is 1. The fourth-order valence-corrected chi connectivity index (χ4v) is 7.36. The summed E-state index contributed by atoms with van der Waals surface area (Å²) in [4.78, 5) is 19.8. The molecule has 0 amide bonds. The van der Waals surface area contributed by atoms with Crippen molar-refractivity contribution in [2.45, 2.75) is 41.8 Å². The van der Waals surface area contributed by atoms with E-state index in [9.17, 15) is 5.26 Å². The van der Waals surface area contributed by atoms with Crippen LogP contribution in [0.25, 0.3) is 22.0 Å². The molecule has 0 saturated carbocycles. The van der Waals surface area contributed by atoms with Crippen LogP contribution in [0.15, 0.2) is 83.4 Å². The predicted octanol–water partition coefficient (Wildman–Crippen LogP) is 7.51. The van der Waals surface area contributed by atoms with E-state index in [1.54, 1.807) is 12.4 Å². The normalized spacial score (nSPS) is 16.0. The van der Waals surface area contributed by atoms with Crippen molar-refractivity contribution in [2.24, 2.45) is 7.05 Å². The van der Waals surface area contributed by atoms with Gasteiger partial charge in [0.2, 0.25) is 0 Å². The Morgan fingerprint density at radius 1 is 0.932 bits per heavy atom. The van der Waals surface area contributed by atoms with Crippen molar-refractivity contribution in [3.63, 3.8) is 0 Å². The maximum Gasteiger partial charge on any atom is 0.172 e. The number of aryl methyl sites for hydroxylation is 1. The first-order valence-corrected chi connectivity index (χ1v) is 16.3. The van der Waals surface area contributed by atoms with Crippen molar-refractivity contribution in [1.82, 2.24) is 24.4 Å². The molecule has 8 nitrogen and oxygen atoms in total. The standard InChI is InChI=1S/C34H33ClN8S/c1-41-17-12-37-34(41)44-31-8-6-26(19-29(31)35)40-33-25(20-36)22-38-30-18-23(4-7-28(30)33)24-5-9-32(39-21-24)43-15-10-27(11-16-43)42-13-2-3-14-42/h4-9,12,17-19,21-22,27H,2-3,10-11,13-16H2,1H3,(H,38,40). The molecule has 2 aromatic carbocycles. The van der Waals surface area contributed by atoms with Crippen LogP contribution in [0, 0.1) is 11.3 Å². The Labute approximate surface area is 266 Å². The van der Waals surface area contributed by atoms with Gasteiger partial charge in [-0.3, -0.25) is 4.98 Å². The second-order valence-corrected chi connectivity index (χ2v) is 12.9. The lowest BCUT2D eigenvalue weighted by molar-refractivity contribution is 0.207. The number of nitrogens with one attached hydrogen (secondary N) is 1. The van der Waals surface area contributed by atoms with Crippen LogP contribution in [0.5, 0.6) is 0 Å². The van der Waals surface area contributed by atoms with E-state index in [0.717, 1.165) is 62.7 Å². The van der Waals surface area contributed by atoms with Crippen LogP contribution in [0.1, 0.15) is 31.2 Å². The summed E-state index contributed by atoms with van der Waals surface area (Å²) in [5.74, 6) is 1.04. The maximum atomic E-state index is 9.88. The number of rotatable bonds is 7. The molecule has 0 bridgehead atoms. The molecule has 10 heteroatoms. The molecular weight excluding hydrogens is 588 g/mol. The second kappa shape index (κ2) is 12.5. The highest BCUT2D eigenvalue weighted by Gasteiger charge is 2.26. The molecule has 2 saturated heterocycles. The van der Waals surface area contributed by atoms with Gasteiger partial charge in [-0.15, -0.1) is 0 Å². The number of halogens is 1. The molecule has 0 atom stereocenters. The van der Waals surface area contributed by atoms with Gasteiger partial charge in [0, 0.05) is 72.5 Å². The smallest absolute Gasteiger partial charge is 0.172 e. The third-order valence-corrected chi connectivity index (χ3v) is 10.3. The van der Waals surface area contributed by atoms with Crippen LogP contribution < -0.4 is 10.2 Å². The molecule has 1 N–H and O–H groups in total. The number of hydrogen-bond acceptors (Lipinski definition) is 8. The highest BCUT2D eigenvalue weighted by atomic mass is 35.5. The zero-order chi connectivity index (χ0) is 30.0. The van der Waals surface area contributed by atoms with Gasteiger partial charge in [0.15, 0.2) is 5.16 Å². The Balaban J connectivity index is 1.08. The van der Waals surface area contributed by atoms with Crippen LogP contribution >= 0.6 is 23.4 Å². The topological polar surface area (TPSA) is 85.9 Å². The summed E-state index contributed by atoms with van der Waals surface area (Å²) < 4.78 is 1.95. The molecule has 7 rings (SSSR count). The molecule has 44 heavy (non-hydrogen) atoms. The number of nitrogens with zero attached hydrogens (tertiary/aromatic N) is 7. The van der Waals surface area contributed by atoms with Crippen LogP contribution in [0.3, 0.4) is 0 Å². The molecule has 0 aliphatic carbocycles. The Morgan fingerprint density at radius 3 is 2.45 bits per heavy atom. The van der Waals surface area contributed by atoms with Gasteiger partial charge in [-0.05, 0) is 80.7 Å². The highest BCUT2D eigenvalue weighted by Crippen LogP contribution is 2.37. The summed E-state index contributed by atoms with van der Waals surface area (Å²) >= 11 is 8.16. The van der Waals surface area contributed by atoms with Gasteiger partial charge in [-0.2, -0.15) is 5.26 Å². The van der Waals surface area contributed by atoms with E-state index >= 15 is 0 Å². The lowest BCUT2D eigenvalue weighted by Crippen LogP contribution is -2.44. The van der Waals surface area contributed by atoms with Crippen LogP contribution in [0.4, 0.5) is 17.2 Å². The van der Waals surface area contributed by atoms with Crippen LogP contribution in [-0.4, -0.2) is 56.6 Å². The van der Waals surface area contributed by atoms with Gasteiger partial charge in [-0.1, -0.05) is 35.5 Å². The maximum absolute atomic E-state index is 9.88. The van der Waals surface area contributed by atoms with Crippen molar-refractivity contribution >= 4 is 51.5 Å². The highest BCUT2D eigenvalue weighted by molar-refractivity contribution is 7.99. The molecule has 222 valence electrons. The number of fused-ring (bicyclic) bond motifs is 1. The molecule has 3 aromatic heterocycles. The minimum absolute atomic E-state index is 0.465. The van der Waals surface area contributed by atoms with E-state index in [1.807, 2.05) is 48.3 Å². The first kappa shape index (κ1) is 28.7. The average molecular weight is 621 g/mol. The van der Waals surface area contributed by atoms with Crippen molar-refractivity contribution in [3.05, 3.63) is 83.9 Å². The van der Waals surface area contributed by atoms with Crippen molar-refractivity contribution in [1.29, 1.82) is 5.26 Å². The summed E-state index contributed by atoms with van der Waals surface area (Å²) in [5.41, 5.74) is 4.83. The first-order valence-electron chi connectivity index (χ1n) is 15.1. The van der Waals surface area contributed by atoms with E-state index in [-0.39, 0.29) is 0 Å². The van der Waals surface area contributed by atoms with Gasteiger partial charge < -0.3 is 19.7 Å². The third kappa shape index (κ3) is 5.85. The zero-order valence-corrected chi connectivity index (χ0v) is 26.2. The second-order valence-electron chi connectivity index (χ2n) is 11.4. The minimum atomic E-state index is 0.465. The minimum Gasteiger partial charge on any atom is -0.357 e. The number of anilines is 3. The average Bonchev–Trinajstić information content (AvgIpc) is 3.75. The quantitative estimate of drug-likeness (QED) is 0.200. The van der Waals surface area contributed by atoms with Crippen LogP contribution in [-0.2, 0) is 7.05 Å². The Bertz CT molecular complexity index is 1830. The summed E-state index contributed by atoms with van der Waals surface area (Å²) in [5, 5.41) is 15.6. The molecular formula is C34H33ClN8S. The van der Waals surface area contributed by atoms with Gasteiger partial charge in [0.25, 0.3) is 0 Å².